The van der Waals surface area contributed by atoms with Crippen molar-refractivity contribution in [1.29, 1.82) is 0 Å². The van der Waals surface area contributed by atoms with Crippen molar-refractivity contribution in [2.45, 2.75) is 26.7 Å². The standard InChI is InChI=1S/C20H24N4O3/c1-3-4-19(26)23-17-9-11-18(12-10-17)24-20(27)13-21-15-5-7-16(8-6-15)22-14(2)25/h5-12,21H,3-4,13H2,1-2H3,(H,22,25)(H,23,26)(H,24,27). The Bertz CT molecular complexity index is 786. The largest absolute Gasteiger partial charge is 0.376 e. The molecule has 0 fully saturated rings. The van der Waals surface area contributed by atoms with Gasteiger partial charge in [0, 0.05) is 36.1 Å². The van der Waals surface area contributed by atoms with E-state index < -0.39 is 0 Å². The average Bonchev–Trinajstić information content (AvgIpc) is 2.62. The molecule has 0 aliphatic rings. The van der Waals surface area contributed by atoms with Gasteiger partial charge in [0.1, 0.15) is 0 Å². The molecule has 2 aromatic carbocycles. The van der Waals surface area contributed by atoms with Gasteiger partial charge in [0.05, 0.1) is 6.54 Å². The van der Waals surface area contributed by atoms with Crippen LogP contribution >= 0.6 is 0 Å². The molecule has 3 amide bonds. The van der Waals surface area contributed by atoms with Crippen LogP contribution in [-0.4, -0.2) is 24.3 Å². The second kappa shape index (κ2) is 9.96. The molecule has 0 unspecified atom stereocenters. The molecular weight excluding hydrogens is 344 g/mol. The number of hydrogen-bond acceptors (Lipinski definition) is 4. The van der Waals surface area contributed by atoms with Gasteiger partial charge in [-0.2, -0.15) is 0 Å². The van der Waals surface area contributed by atoms with E-state index in [9.17, 15) is 14.4 Å². The lowest BCUT2D eigenvalue weighted by molar-refractivity contribution is -0.116. The molecule has 0 saturated heterocycles. The highest BCUT2D eigenvalue weighted by Gasteiger charge is 2.04. The minimum atomic E-state index is -0.191. The second-order valence-corrected chi connectivity index (χ2v) is 6.04. The number of nitrogens with one attached hydrogen (secondary N) is 4. The van der Waals surface area contributed by atoms with E-state index in [0.717, 1.165) is 12.1 Å². The molecule has 2 rings (SSSR count). The Balaban J connectivity index is 1.79. The van der Waals surface area contributed by atoms with Crippen LogP contribution in [0.1, 0.15) is 26.7 Å². The van der Waals surface area contributed by atoms with Crippen LogP contribution in [-0.2, 0) is 14.4 Å². The zero-order valence-electron chi connectivity index (χ0n) is 15.5. The molecule has 142 valence electrons. The van der Waals surface area contributed by atoms with E-state index in [4.69, 9.17) is 0 Å². The van der Waals surface area contributed by atoms with Gasteiger partial charge in [-0.3, -0.25) is 14.4 Å². The van der Waals surface area contributed by atoms with E-state index in [1.165, 1.54) is 6.92 Å². The number of hydrogen-bond donors (Lipinski definition) is 4. The molecule has 0 radical (unpaired) electrons. The quantitative estimate of drug-likeness (QED) is 0.573. The molecule has 0 atom stereocenters. The van der Waals surface area contributed by atoms with Crippen LogP contribution in [0.4, 0.5) is 22.7 Å². The SMILES string of the molecule is CCCC(=O)Nc1ccc(NC(=O)CNc2ccc(NC(C)=O)cc2)cc1. The fourth-order valence-electron chi connectivity index (χ4n) is 2.35. The molecule has 0 saturated carbocycles. The van der Waals surface area contributed by atoms with Crippen molar-refractivity contribution >= 4 is 40.5 Å². The van der Waals surface area contributed by atoms with Gasteiger partial charge in [0.25, 0.3) is 0 Å². The number of anilines is 4. The van der Waals surface area contributed by atoms with Crippen LogP contribution in [0.15, 0.2) is 48.5 Å². The Hall–Kier alpha value is -3.35. The van der Waals surface area contributed by atoms with E-state index >= 15 is 0 Å². The summed E-state index contributed by atoms with van der Waals surface area (Å²) in [4.78, 5) is 34.6. The van der Waals surface area contributed by atoms with E-state index in [1.54, 1.807) is 48.5 Å². The summed E-state index contributed by atoms with van der Waals surface area (Å²) in [5.41, 5.74) is 2.82. The van der Waals surface area contributed by atoms with Crippen molar-refractivity contribution in [2.75, 3.05) is 27.8 Å². The van der Waals surface area contributed by atoms with E-state index in [1.807, 2.05) is 6.92 Å². The molecular formula is C20H24N4O3. The van der Waals surface area contributed by atoms with Crippen LogP contribution in [0.25, 0.3) is 0 Å². The number of rotatable bonds is 8. The summed E-state index contributed by atoms with van der Waals surface area (Å²) >= 11 is 0. The molecule has 0 heterocycles. The summed E-state index contributed by atoms with van der Waals surface area (Å²) in [6.07, 6.45) is 1.28. The molecule has 2 aromatic rings. The number of carbonyl (C=O) groups excluding carboxylic acids is 3. The fourth-order valence-corrected chi connectivity index (χ4v) is 2.35. The van der Waals surface area contributed by atoms with Gasteiger partial charge in [0.2, 0.25) is 17.7 Å². The van der Waals surface area contributed by atoms with Crippen molar-refractivity contribution in [1.82, 2.24) is 0 Å². The molecule has 7 heteroatoms. The first-order valence-electron chi connectivity index (χ1n) is 8.77. The maximum absolute atomic E-state index is 12.0. The minimum absolute atomic E-state index is 0.0250. The molecule has 27 heavy (non-hydrogen) atoms. The second-order valence-electron chi connectivity index (χ2n) is 6.04. The summed E-state index contributed by atoms with van der Waals surface area (Å²) in [6, 6.07) is 14.1. The van der Waals surface area contributed by atoms with E-state index in [2.05, 4.69) is 21.3 Å². The predicted octanol–water partition coefficient (Wildman–Crippen LogP) is 3.43. The highest BCUT2D eigenvalue weighted by atomic mass is 16.2. The highest BCUT2D eigenvalue weighted by molar-refractivity contribution is 5.95. The predicted molar refractivity (Wildman–Crippen MR) is 108 cm³/mol. The maximum atomic E-state index is 12.0. The Kier molecular flexibility index (Phi) is 7.37. The van der Waals surface area contributed by atoms with Gasteiger partial charge in [-0.1, -0.05) is 6.92 Å². The van der Waals surface area contributed by atoms with Gasteiger partial charge < -0.3 is 21.3 Å². The van der Waals surface area contributed by atoms with Crippen molar-refractivity contribution in [3.63, 3.8) is 0 Å². The van der Waals surface area contributed by atoms with Crippen LogP contribution in [0.3, 0.4) is 0 Å². The molecule has 0 aliphatic heterocycles. The zero-order valence-corrected chi connectivity index (χ0v) is 15.5. The third kappa shape index (κ3) is 7.19. The zero-order chi connectivity index (χ0) is 19.6. The fraction of sp³-hybridized carbons (Fsp3) is 0.250. The van der Waals surface area contributed by atoms with E-state index in [-0.39, 0.29) is 24.3 Å². The summed E-state index contributed by atoms with van der Waals surface area (Å²) in [6.45, 7) is 3.50. The summed E-state index contributed by atoms with van der Waals surface area (Å²) in [5, 5.41) is 11.3. The summed E-state index contributed by atoms with van der Waals surface area (Å²) in [7, 11) is 0. The average molecular weight is 368 g/mol. The smallest absolute Gasteiger partial charge is 0.243 e. The number of benzene rings is 2. The van der Waals surface area contributed by atoms with Crippen LogP contribution in [0, 0.1) is 0 Å². The van der Waals surface area contributed by atoms with Gasteiger partial charge >= 0.3 is 0 Å². The summed E-state index contributed by atoms with van der Waals surface area (Å²) < 4.78 is 0. The molecule has 7 nitrogen and oxygen atoms in total. The molecule has 0 aromatic heterocycles. The van der Waals surface area contributed by atoms with Gasteiger partial charge in [-0.05, 0) is 55.0 Å². The first-order valence-corrected chi connectivity index (χ1v) is 8.77. The topological polar surface area (TPSA) is 99.3 Å². The van der Waals surface area contributed by atoms with Crippen molar-refractivity contribution < 1.29 is 14.4 Å². The van der Waals surface area contributed by atoms with Gasteiger partial charge in [0.15, 0.2) is 0 Å². The maximum Gasteiger partial charge on any atom is 0.243 e. The third-order valence-electron chi connectivity index (χ3n) is 3.59. The van der Waals surface area contributed by atoms with Gasteiger partial charge in [-0.15, -0.1) is 0 Å². The van der Waals surface area contributed by atoms with Crippen LogP contribution < -0.4 is 21.3 Å². The Morgan fingerprint density at radius 3 is 1.63 bits per heavy atom. The van der Waals surface area contributed by atoms with Gasteiger partial charge in [-0.25, -0.2) is 0 Å². The molecule has 0 bridgehead atoms. The molecule has 0 spiro atoms. The van der Waals surface area contributed by atoms with Crippen LogP contribution in [0.5, 0.6) is 0 Å². The molecule has 0 aliphatic carbocycles. The first kappa shape index (κ1) is 20.0. The van der Waals surface area contributed by atoms with Crippen molar-refractivity contribution in [3.05, 3.63) is 48.5 Å². The van der Waals surface area contributed by atoms with Crippen molar-refractivity contribution in [3.8, 4) is 0 Å². The highest BCUT2D eigenvalue weighted by Crippen LogP contribution is 2.15. The monoisotopic (exact) mass is 368 g/mol. The normalized spacial score (nSPS) is 10.0. The Labute approximate surface area is 158 Å². The number of amides is 3. The first-order chi connectivity index (χ1) is 13.0. The lowest BCUT2D eigenvalue weighted by Crippen LogP contribution is -2.21. The Morgan fingerprint density at radius 2 is 1.15 bits per heavy atom. The third-order valence-corrected chi connectivity index (χ3v) is 3.59. The summed E-state index contributed by atoms with van der Waals surface area (Å²) in [5.74, 6) is -0.349. The van der Waals surface area contributed by atoms with Crippen molar-refractivity contribution in [2.24, 2.45) is 0 Å². The van der Waals surface area contributed by atoms with E-state index in [0.29, 0.717) is 23.5 Å². The lowest BCUT2D eigenvalue weighted by Gasteiger charge is -2.10. The molecule has 4 N–H and O–H groups in total. The van der Waals surface area contributed by atoms with Crippen LogP contribution in [0.2, 0.25) is 0 Å². The lowest BCUT2D eigenvalue weighted by atomic mass is 10.2. The Morgan fingerprint density at radius 1 is 0.704 bits per heavy atom. The minimum Gasteiger partial charge on any atom is -0.376 e. The number of carbonyl (C=O) groups is 3.